The number of amides is 1. The van der Waals surface area contributed by atoms with Crippen molar-refractivity contribution in [3.63, 3.8) is 0 Å². The van der Waals surface area contributed by atoms with E-state index in [1.807, 2.05) is 24.3 Å². The van der Waals surface area contributed by atoms with Gasteiger partial charge >= 0.3 is 6.18 Å². The molecule has 2 aromatic heterocycles. The number of benzene rings is 2. The SMILES string of the molecule is O=C(NCc1cccc(C(F)(F)F)c1)c1ccc(-c2csc3ccccc23)s1. The van der Waals surface area contributed by atoms with Gasteiger partial charge in [-0.15, -0.1) is 22.7 Å². The predicted molar refractivity (Wildman–Crippen MR) is 108 cm³/mol. The van der Waals surface area contributed by atoms with Crippen molar-refractivity contribution in [2.24, 2.45) is 0 Å². The first kappa shape index (κ1) is 18.7. The molecule has 0 aliphatic rings. The molecule has 0 radical (unpaired) electrons. The molecule has 0 saturated carbocycles. The van der Waals surface area contributed by atoms with Crippen molar-refractivity contribution >= 4 is 38.7 Å². The van der Waals surface area contributed by atoms with Crippen molar-refractivity contribution in [3.8, 4) is 10.4 Å². The summed E-state index contributed by atoms with van der Waals surface area (Å²) < 4.78 is 39.6. The van der Waals surface area contributed by atoms with Gasteiger partial charge in [-0.3, -0.25) is 4.79 Å². The number of fused-ring (bicyclic) bond motifs is 1. The van der Waals surface area contributed by atoms with Gasteiger partial charge in [0.15, 0.2) is 0 Å². The van der Waals surface area contributed by atoms with Crippen molar-refractivity contribution in [2.45, 2.75) is 12.7 Å². The van der Waals surface area contributed by atoms with E-state index in [4.69, 9.17) is 0 Å². The zero-order valence-corrected chi connectivity index (χ0v) is 16.0. The molecule has 0 atom stereocenters. The number of thiophene rings is 2. The Balaban J connectivity index is 1.48. The van der Waals surface area contributed by atoms with E-state index in [1.54, 1.807) is 23.5 Å². The number of carbonyl (C=O) groups excluding carboxylic acids is 1. The van der Waals surface area contributed by atoms with Gasteiger partial charge in [-0.05, 0) is 35.9 Å². The summed E-state index contributed by atoms with van der Waals surface area (Å²) in [6.07, 6.45) is -4.40. The number of halogens is 3. The Morgan fingerprint density at radius 1 is 1.00 bits per heavy atom. The van der Waals surface area contributed by atoms with Gasteiger partial charge in [-0.25, -0.2) is 0 Å². The lowest BCUT2D eigenvalue weighted by atomic mass is 10.1. The Morgan fingerprint density at radius 3 is 2.64 bits per heavy atom. The molecule has 0 fully saturated rings. The minimum Gasteiger partial charge on any atom is -0.347 e. The lowest BCUT2D eigenvalue weighted by molar-refractivity contribution is -0.137. The Kier molecular flexibility index (Phi) is 4.95. The first-order chi connectivity index (χ1) is 13.4. The van der Waals surface area contributed by atoms with Crippen LogP contribution in [0.15, 0.2) is 66.0 Å². The van der Waals surface area contributed by atoms with E-state index in [0.717, 1.165) is 28.0 Å². The fraction of sp³-hybridized carbons (Fsp3) is 0.0952. The van der Waals surface area contributed by atoms with Gasteiger partial charge in [0.2, 0.25) is 0 Å². The van der Waals surface area contributed by atoms with Crippen molar-refractivity contribution in [3.05, 3.63) is 82.0 Å². The molecule has 0 aliphatic heterocycles. The Hall–Kier alpha value is -2.64. The Labute approximate surface area is 167 Å². The zero-order chi connectivity index (χ0) is 19.7. The third-order valence-electron chi connectivity index (χ3n) is 4.28. The van der Waals surface area contributed by atoms with Crippen LogP contribution in [0.25, 0.3) is 20.5 Å². The molecule has 142 valence electrons. The molecular weight excluding hydrogens is 403 g/mol. The van der Waals surface area contributed by atoms with Crippen LogP contribution in [0.3, 0.4) is 0 Å². The smallest absolute Gasteiger partial charge is 0.347 e. The maximum Gasteiger partial charge on any atom is 0.416 e. The van der Waals surface area contributed by atoms with Crippen LogP contribution in [0.1, 0.15) is 20.8 Å². The van der Waals surface area contributed by atoms with Crippen molar-refractivity contribution in [1.29, 1.82) is 0 Å². The van der Waals surface area contributed by atoms with Crippen molar-refractivity contribution < 1.29 is 18.0 Å². The molecule has 4 aromatic rings. The van der Waals surface area contributed by atoms with Gasteiger partial charge < -0.3 is 5.32 Å². The molecule has 0 saturated heterocycles. The first-order valence-electron chi connectivity index (χ1n) is 8.42. The van der Waals surface area contributed by atoms with E-state index < -0.39 is 11.7 Å². The molecule has 28 heavy (non-hydrogen) atoms. The largest absolute Gasteiger partial charge is 0.416 e. The molecule has 1 N–H and O–H groups in total. The highest BCUT2D eigenvalue weighted by Crippen LogP contribution is 2.37. The zero-order valence-electron chi connectivity index (χ0n) is 14.4. The monoisotopic (exact) mass is 417 g/mol. The second kappa shape index (κ2) is 7.41. The number of rotatable bonds is 4. The van der Waals surface area contributed by atoms with Crippen LogP contribution in [0.5, 0.6) is 0 Å². The summed E-state index contributed by atoms with van der Waals surface area (Å²) in [6, 6.07) is 16.7. The molecule has 0 unspecified atom stereocenters. The maximum atomic E-state index is 12.8. The van der Waals surface area contributed by atoms with E-state index in [0.29, 0.717) is 10.4 Å². The van der Waals surface area contributed by atoms with Gasteiger partial charge in [0.1, 0.15) is 0 Å². The Bertz CT molecular complexity index is 1140. The van der Waals surface area contributed by atoms with Crippen LogP contribution in [0.4, 0.5) is 13.2 Å². The highest BCUT2D eigenvalue weighted by atomic mass is 32.1. The molecule has 2 aromatic carbocycles. The van der Waals surface area contributed by atoms with Crippen LogP contribution in [0.2, 0.25) is 0 Å². The molecule has 0 bridgehead atoms. The maximum absolute atomic E-state index is 12.8. The minimum atomic E-state index is -4.40. The average Bonchev–Trinajstić information content (AvgIpc) is 3.32. The number of hydrogen-bond donors (Lipinski definition) is 1. The fourth-order valence-corrected chi connectivity index (χ4v) is 4.89. The Morgan fingerprint density at radius 2 is 1.82 bits per heavy atom. The van der Waals surface area contributed by atoms with Crippen LogP contribution in [-0.4, -0.2) is 5.91 Å². The summed E-state index contributed by atoms with van der Waals surface area (Å²) in [7, 11) is 0. The second-order valence-corrected chi connectivity index (χ2v) is 8.19. The lowest BCUT2D eigenvalue weighted by Crippen LogP contribution is -2.22. The summed E-state index contributed by atoms with van der Waals surface area (Å²) in [5.41, 5.74) is 0.772. The van der Waals surface area contributed by atoms with Crippen LogP contribution < -0.4 is 5.32 Å². The molecule has 0 aliphatic carbocycles. The summed E-state index contributed by atoms with van der Waals surface area (Å²) >= 11 is 3.02. The van der Waals surface area contributed by atoms with E-state index in [1.165, 1.54) is 22.1 Å². The fourth-order valence-electron chi connectivity index (χ4n) is 2.90. The molecule has 0 spiro atoms. The molecule has 2 heterocycles. The average molecular weight is 417 g/mol. The molecule has 1 amide bonds. The highest BCUT2D eigenvalue weighted by molar-refractivity contribution is 7.20. The topological polar surface area (TPSA) is 29.1 Å². The van der Waals surface area contributed by atoms with Crippen molar-refractivity contribution in [1.82, 2.24) is 5.32 Å². The van der Waals surface area contributed by atoms with Crippen LogP contribution in [0, 0.1) is 0 Å². The molecule has 4 rings (SSSR count). The standard InChI is InChI=1S/C21H14F3NOS2/c22-21(23,24)14-5-3-4-13(10-14)11-25-20(26)19-9-8-18(28-19)16-12-27-17-7-2-1-6-15(16)17/h1-10,12H,11H2,(H,25,26). The number of nitrogens with one attached hydrogen (secondary N) is 1. The highest BCUT2D eigenvalue weighted by Gasteiger charge is 2.30. The molecular formula is C21H14F3NOS2. The quantitative estimate of drug-likeness (QED) is 0.399. The second-order valence-electron chi connectivity index (χ2n) is 6.19. The first-order valence-corrected chi connectivity index (χ1v) is 10.1. The summed E-state index contributed by atoms with van der Waals surface area (Å²) in [5, 5.41) is 5.91. The predicted octanol–water partition coefficient (Wildman–Crippen LogP) is 6.58. The van der Waals surface area contributed by atoms with Crippen LogP contribution in [-0.2, 0) is 12.7 Å². The summed E-state index contributed by atoms with van der Waals surface area (Å²) in [4.78, 5) is 13.9. The van der Waals surface area contributed by atoms with Gasteiger partial charge in [-0.1, -0.05) is 30.3 Å². The molecule has 7 heteroatoms. The number of carbonyl (C=O) groups is 1. The van der Waals surface area contributed by atoms with Crippen LogP contribution >= 0.6 is 22.7 Å². The summed E-state index contributed by atoms with van der Waals surface area (Å²) in [6.45, 7) is 0.0391. The van der Waals surface area contributed by atoms with E-state index >= 15 is 0 Å². The lowest BCUT2D eigenvalue weighted by Gasteiger charge is -2.09. The third kappa shape index (κ3) is 3.81. The minimum absolute atomic E-state index is 0.0391. The van der Waals surface area contributed by atoms with E-state index in [-0.39, 0.29) is 12.5 Å². The van der Waals surface area contributed by atoms with Gasteiger partial charge in [-0.2, -0.15) is 13.2 Å². The number of alkyl halides is 3. The summed E-state index contributed by atoms with van der Waals surface area (Å²) in [5.74, 6) is -0.298. The van der Waals surface area contributed by atoms with Gasteiger partial charge in [0.25, 0.3) is 5.91 Å². The normalized spacial score (nSPS) is 11.7. The molecule has 2 nitrogen and oxygen atoms in total. The van der Waals surface area contributed by atoms with Gasteiger partial charge in [0.05, 0.1) is 10.4 Å². The van der Waals surface area contributed by atoms with Gasteiger partial charge in [0, 0.05) is 32.5 Å². The van der Waals surface area contributed by atoms with Crippen molar-refractivity contribution in [2.75, 3.05) is 0 Å². The van der Waals surface area contributed by atoms with E-state index in [2.05, 4.69) is 16.8 Å². The third-order valence-corrected chi connectivity index (χ3v) is 6.36. The van der Waals surface area contributed by atoms with E-state index in [9.17, 15) is 18.0 Å². The number of hydrogen-bond acceptors (Lipinski definition) is 3.